The van der Waals surface area contributed by atoms with Crippen molar-refractivity contribution >= 4 is 81.9 Å². The number of amides is 6. The van der Waals surface area contributed by atoms with E-state index in [1.807, 2.05) is 6.08 Å². The number of hydrogen-bond acceptors (Lipinski definition) is 13. The molecule has 0 radical (unpaired) electrons. The van der Waals surface area contributed by atoms with Crippen LogP contribution in [-0.4, -0.2) is 114 Å². The first-order valence-corrected chi connectivity index (χ1v) is 26.7. The van der Waals surface area contributed by atoms with Crippen molar-refractivity contribution in [2.45, 2.75) is 77.0 Å². The Morgan fingerprint density at radius 1 is 0.592 bits per heavy atom. The number of imide groups is 3. The number of thiol groups is 1. The first-order valence-electron chi connectivity index (χ1n) is 25.7. The van der Waals surface area contributed by atoms with Gasteiger partial charge in [0.05, 0.1) is 76.9 Å². The van der Waals surface area contributed by atoms with Crippen molar-refractivity contribution in [2.24, 2.45) is 34.5 Å². The molecule has 3 aliphatic heterocycles. The van der Waals surface area contributed by atoms with Gasteiger partial charge in [-0.25, -0.2) is 0 Å². The summed E-state index contributed by atoms with van der Waals surface area (Å²) in [6, 6.07) is 20.4. The van der Waals surface area contributed by atoms with Crippen LogP contribution >= 0.6 is 28.6 Å². The Hall–Kier alpha value is -4.82. The van der Waals surface area contributed by atoms with Crippen molar-refractivity contribution in [2.75, 3.05) is 46.1 Å². The zero-order chi connectivity index (χ0) is 55.7. The molecule has 6 amide bonds. The summed E-state index contributed by atoms with van der Waals surface area (Å²) >= 11 is 6.56. The van der Waals surface area contributed by atoms with Gasteiger partial charge in [0.1, 0.15) is 0 Å². The Labute approximate surface area is 505 Å². The molecular weight excluding hydrogens is 1080 g/mol. The molecule has 3 aromatic rings. The van der Waals surface area contributed by atoms with Crippen LogP contribution in [0.3, 0.4) is 0 Å². The average Bonchev–Trinajstić information content (AvgIpc) is 4.38. The van der Waals surface area contributed by atoms with Gasteiger partial charge in [-0.3, -0.25) is 57.9 Å². The van der Waals surface area contributed by atoms with E-state index in [1.54, 1.807) is 84.9 Å². The molecule has 0 unspecified atom stereocenters. The van der Waals surface area contributed by atoms with Gasteiger partial charge < -0.3 is 15.6 Å². The van der Waals surface area contributed by atoms with Crippen molar-refractivity contribution in [3.63, 3.8) is 0 Å². The minimum atomic E-state index is -0.837. The fraction of sp³-hybridized carbons (Fsp3) is 0.431. The number of nitrogens with zero attached hydrogens (tertiary/aromatic N) is 3. The van der Waals surface area contributed by atoms with Gasteiger partial charge in [0, 0.05) is 14.5 Å². The predicted molar refractivity (Wildman–Crippen MR) is 291 cm³/mol. The van der Waals surface area contributed by atoms with E-state index < -0.39 is 10.8 Å². The molecule has 3 aliphatic carbocycles. The summed E-state index contributed by atoms with van der Waals surface area (Å²) in [6.45, 7) is 11.4. The molecule has 3 fully saturated rings. The fourth-order valence-corrected chi connectivity index (χ4v) is 12.0. The Morgan fingerprint density at radius 2 is 0.921 bits per heavy atom. The second kappa shape index (κ2) is 29.8. The van der Waals surface area contributed by atoms with E-state index >= 15 is 0 Å². The molecule has 3 aromatic carbocycles. The molecule has 6 atom stereocenters. The zero-order valence-electron chi connectivity index (χ0n) is 46.0. The summed E-state index contributed by atoms with van der Waals surface area (Å²) in [5, 5.41) is 0. The molecule has 18 heteroatoms. The van der Waals surface area contributed by atoms with Gasteiger partial charge in [-0.05, 0) is 118 Å². The summed E-state index contributed by atoms with van der Waals surface area (Å²) in [4.78, 5) is 114. The number of benzene rings is 3. The summed E-state index contributed by atoms with van der Waals surface area (Å²) in [5.41, 5.74) is 1.17. The summed E-state index contributed by atoms with van der Waals surface area (Å²) in [6.07, 6.45) is 15.9. The van der Waals surface area contributed by atoms with Crippen LogP contribution in [0.5, 0.6) is 0 Å². The monoisotopic (exact) mass is 1150 g/mol. The normalized spacial score (nSPS) is 23.5. The van der Waals surface area contributed by atoms with Crippen molar-refractivity contribution in [1.29, 1.82) is 0 Å². The molecule has 0 aromatic heterocycles. The van der Waals surface area contributed by atoms with Gasteiger partial charge in [0.25, 0.3) is 35.4 Å². The number of methoxy groups -OCH3 is 3. The van der Waals surface area contributed by atoms with Crippen molar-refractivity contribution < 1.29 is 112 Å². The van der Waals surface area contributed by atoms with Crippen LogP contribution < -0.4 is 51.4 Å². The van der Waals surface area contributed by atoms with Gasteiger partial charge in [-0.1, -0.05) is 89.8 Å². The average molecular weight is 1150 g/mol. The minimum absolute atomic E-state index is 0. The number of carbonyl (C=O) groups is 9. The standard InChI is InChI=1S/2C19H21NO4.C10H16O2.C9H6BrNO2.CH4S.K.H/c2*1-3-7-13-8-6-11-19(13,18(23)24-2)12-20-16(21)14-9-4-5-10-15(14)17(20)22;1-3-5-8-6-4-7-9(8)10(11)12-2;10-5-11-8(12)6-3-1-2-4-7(6)9(11)13;1-2;;/h2*3-5,9-10,13H,1,6-8,11-12H2,2H3;3,8-9H,1,4-7H2,2H3;1-4H,5H2;2H,1H3;;/q;;;;;+1;-1/t13-,19+;13-,19-;8-,9-;;;;/m111..../s1/i;;;;1D;;. The van der Waals surface area contributed by atoms with Crippen LogP contribution in [0.2, 0.25) is 0 Å². The van der Waals surface area contributed by atoms with Crippen LogP contribution in [-0.2, 0) is 28.6 Å². The number of esters is 3. The van der Waals surface area contributed by atoms with E-state index in [9.17, 15) is 43.2 Å². The quantitative estimate of drug-likeness (QED) is 0.0253. The van der Waals surface area contributed by atoms with E-state index in [-0.39, 0.29) is 149 Å². The summed E-state index contributed by atoms with van der Waals surface area (Å²) in [5.74, 6) is -1.82. The van der Waals surface area contributed by atoms with Gasteiger partial charge >= 0.3 is 69.3 Å². The molecule has 9 rings (SSSR count). The maximum absolute atomic E-state index is 12.6. The molecule has 0 spiro atoms. The van der Waals surface area contributed by atoms with E-state index in [0.717, 1.165) is 51.4 Å². The molecule has 15 nitrogen and oxygen atoms in total. The number of rotatable bonds is 14. The second-order valence-corrected chi connectivity index (χ2v) is 19.6. The second-order valence-electron chi connectivity index (χ2n) is 19.1. The predicted octanol–water partition coefficient (Wildman–Crippen LogP) is 7.09. The maximum Gasteiger partial charge on any atom is 1.00 e. The molecule has 3 saturated carbocycles. The third kappa shape index (κ3) is 13.4. The number of fused-ring (bicyclic) bond motifs is 3. The maximum atomic E-state index is 12.6. The van der Waals surface area contributed by atoms with Crippen molar-refractivity contribution in [1.82, 2.24) is 14.7 Å². The summed E-state index contributed by atoms with van der Waals surface area (Å²) in [7, 11) is 4.18. The number of allylic oxidation sites excluding steroid dienone is 3. The first kappa shape index (κ1) is 62.0. The zero-order valence-corrected chi connectivity index (χ0v) is 49.6. The largest absolute Gasteiger partial charge is 1.00 e. The Bertz CT molecular complexity index is 2490. The van der Waals surface area contributed by atoms with E-state index in [2.05, 4.69) is 48.3 Å². The summed E-state index contributed by atoms with van der Waals surface area (Å²) < 4.78 is 20.9. The molecule has 76 heavy (non-hydrogen) atoms. The van der Waals surface area contributed by atoms with Gasteiger partial charge in [0.2, 0.25) is 0 Å². The fourth-order valence-electron chi connectivity index (χ4n) is 11.5. The van der Waals surface area contributed by atoms with E-state index in [0.29, 0.717) is 65.0 Å². The molecule has 3 heterocycles. The third-order valence-corrected chi connectivity index (χ3v) is 15.8. The molecule has 0 N–H and O–H groups in total. The SMILES string of the molecule is C=CC[C@@H]1CCC[C@@]1(CN1C(=O)c2ccccc2C1=O)C(=O)OC.C=CC[C@@H]1CCC[C@H]1C(=O)OC.C=CC[C@@H]1CCC[C@]1(CN1C(=O)c2ccccc2C1=O)C(=O)OC.O=C1c2ccccc2C(=O)N1CBr.[2H]CS.[H-].[K+]. The molecule has 0 saturated heterocycles. The van der Waals surface area contributed by atoms with Crippen LogP contribution in [0.25, 0.3) is 0 Å². The Kier molecular flexibility index (Phi) is 24.3. The number of halogens is 1. The van der Waals surface area contributed by atoms with Crippen LogP contribution in [0.4, 0.5) is 0 Å². The van der Waals surface area contributed by atoms with Gasteiger partial charge in [-0.15, -0.1) is 19.7 Å². The Morgan fingerprint density at radius 3 is 1.21 bits per heavy atom. The van der Waals surface area contributed by atoms with Crippen LogP contribution in [0.1, 0.15) is 142 Å². The van der Waals surface area contributed by atoms with Gasteiger partial charge in [0.15, 0.2) is 0 Å². The van der Waals surface area contributed by atoms with Crippen molar-refractivity contribution in [3.8, 4) is 0 Å². The number of hydrogen-bond donors (Lipinski definition) is 1. The van der Waals surface area contributed by atoms with E-state index in [1.165, 1.54) is 36.0 Å². The van der Waals surface area contributed by atoms with Crippen molar-refractivity contribution in [3.05, 3.63) is 144 Å². The van der Waals surface area contributed by atoms with Gasteiger partial charge in [-0.2, -0.15) is 12.6 Å². The minimum Gasteiger partial charge on any atom is -1.00 e. The first-order chi connectivity index (χ1) is 36.6. The molecule has 402 valence electrons. The number of carbonyl (C=O) groups excluding carboxylic acids is 9. The molecule has 6 aliphatic rings. The van der Waals surface area contributed by atoms with Crippen LogP contribution in [0, 0.1) is 34.5 Å². The number of alkyl halides is 1. The smallest absolute Gasteiger partial charge is 1.00 e. The van der Waals surface area contributed by atoms with E-state index in [4.69, 9.17) is 15.6 Å². The third-order valence-electron chi connectivity index (χ3n) is 15.3. The topological polar surface area (TPSA) is 191 Å². The van der Waals surface area contributed by atoms with Crippen LogP contribution in [0.15, 0.2) is 111 Å². The molecular formula is C58H69BrKN3O12S. The molecule has 0 bridgehead atoms. The number of ether oxygens (including phenoxy) is 3. The Balaban J connectivity index is 0.000000277.